The van der Waals surface area contributed by atoms with Gasteiger partial charge in [0.2, 0.25) is 0 Å². The second kappa shape index (κ2) is 10.5. The molecule has 0 aliphatic carbocycles. The second-order valence-electron chi connectivity index (χ2n) is 6.48. The summed E-state index contributed by atoms with van der Waals surface area (Å²) in [4.78, 5) is 9.03. The number of nitrogens with one attached hydrogen (secondary N) is 2. The Morgan fingerprint density at radius 2 is 2.12 bits per heavy atom. The summed E-state index contributed by atoms with van der Waals surface area (Å²) in [6.45, 7) is 9.03. The lowest BCUT2D eigenvalue weighted by atomic mass is 10.1. The van der Waals surface area contributed by atoms with Crippen LogP contribution in [0.2, 0.25) is 0 Å². The minimum absolute atomic E-state index is 0.609. The number of aromatic nitrogens is 3. The molecule has 2 aromatic heterocycles. The average molecular weight is 342 g/mol. The van der Waals surface area contributed by atoms with Crippen molar-refractivity contribution in [1.82, 2.24) is 25.4 Å². The van der Waals surface area contributed by atoms with Gasteiger partial charge in [0.1, 0.15) is 0 Å². The van der Waals surface area contributed by atoms with Crippen molar-refractivity contribution in [3.63, 3.8) is 0 Å². The lowest BCUT2D eigenvalue weighted by Gasteiger charge is -2.12. The lowest BCUT2D eigenvalue weighted by molar-refractivity contribution is 0.534. The maximum atomic E-state index is 4.68. The number of pyridine rings is 1. The highest BCUT2D eigenvalue weighted by Gasteiger charge is 2.01. The van der Waals surface area contributed by atoms with Crippen LogP contribution in [0.5, 0.6) is 0 Å². The Bertz CT molecular complexity index is 633. The molecule has 0 aromatic carbocycles. The molecule has 0 aliphatic heterocycles. The van der Waals surface area contributed by atoms with E-state index in [1.54, 1.807) is 17.1 Å². The first-order valence-corrected chi connectivity index (χ1v) is 9.16. The van der Waals surface area contributed by atoms with Gasteiger partial charge in [0.05, 0.1) is 6.54 Å². The maximum absolute atomic E-state index is 4.68. The first kappa shape index (κ1) is 19.0. The fourth-order valence-electron chi connectivity index (χ4n) is 2.49. The molecule has 2 heterocycles. The van der Waals surface area contributed by atoms with Crippen molar-refractivity contribution in [1.29, 1.82) is 0 Å². The molecule has 0 bridgehead atoms. The number of aliphatic imine (C=N–C) groups is 1. The summed E-state index contributed by atoms with van der Waals surface area (Å²) < 4.78 is 1.76. The number of guanidine groups is 1. The fraction of sp³-hybridized carbons (Fsp3) is 0.526. The molecular formula is C19H30N6. The molecule has 2 aromatic rings. The highest BCUT2D eigenvalue weighted by molar-refractivity contribution is 5.79. The predicted octanol–water partition coefficient (Wildman–Crippen LogP) is 3.15. The quantitative estimate of drug-likeness (QED) is 0.417. The Morgan fingerprint density at radius 3 is 2.84 bits per heavy atom. The Labute approximate surface area is 150 Å². The molecule has 136 valence electrons. The Balaban J connectivity index is 1.88. The minimum atomic E-state index is 0.609. The van der Waals surface area contributed by atoms with Crippen molar-refractivity contribution < 1.29 is 0 Å². The SMILES string of the molecule is CCNC(=NCc1ccnc(-n2cccn2)c1)NCCCCC(C)C. The van der Waals surface area contributed by atoms with E-state index in [0.717, 1.165) is 36.3 Å². The largest absolute Gasteiger partial charge is 0.357 e. The Morgan fingerprint density at radius 1 is 1.24 bits per heavy atom. The first-order valence-electron chi connectivity index (χ1n) is 9.16. The molecule has 25 heavy (non-hydrogen) atoms. The maximum Gasteiger partial charge on any atom is 0.191 e. The third-order valence-corrected chi connectivity index (χ3v) is 3.81. The van der Waals surface area contributed by atoms with E-state index in [4.69, 9.17) is 0 Å². The van der Waals surface area contributed by atoms with Gasteiger partial charge in [-0.1, -0.05) is 26.7 Å². The summed E-state index contributed by atoms with van der Waals surface area (Å²) >= 11 is 0. The fourth-order valence-corrected chi connectivity index (χ4v) is 2.49. The minimum Gasteiger partial charge on any atom is -0.357 e. The molecule has 2 rings (SSSR count). The van der Waals surface area contributed by atoms with Crippen LogP contribution in [-0.4, -0.2) is 33.8 Å². The molecule has 0 unspecified atom stereocenters. The van der Waals surface area contributed by atoms with Gasteiger partial charge in [-0.25, -0.2) is 14.7 Å². The van der Waals surface area contributed by atoms with Gasteiger partial charge in [-0.15, -0.1) is 0 Å². The van der Waals surface area contributed by atoms with Crippen molar-refractivity contribution in [3.05, 3.63) is 42.4 Å². The van der Waals surface area contributed by atoms with Crippen LogP contribution in [0.3, 0.4) is 0 Å². The molecule has 0 fully saturated rings. The molecular weight excluding hydrogens is 312 g/mol. The monoisotopic (exact) mass is 342 g/mol. The molecule has 6 nitrogen and oxygen atoms in total. The van der Waals surface area contributed by atoms with Crippen LogP contribution >= 0.6 is 0 Å². The van der Waals surface area contributed by atoms with Gasteiger partial charge in [-0.2, -0.15) is 5.10 Å². The Hall–Kier alpha value is -2.37. The molecule has 0 atom stereocenters. The van der Waals surface area contributed by atoms with E-state index >= 15 is 0 Å². The summed E-state index contributed by atoms with van der Waals surface area (Å²) in [5, 5.41) is 10.9. The number of nitrogens with zero attached hydrogens (tertiary/aromatic N) is 4. The summed E-state index contributed by atoms with van der Waals surface area (Å²) in [7, 11) is 0. The van der Waals surface area contributed by atoms with Crippen LogP contribution < -0.4 is 10.6 Å². The third kappa shape index (κ3) is 6.95. The van der Waals surface area contributed by atoms with Gasteiger partial charge in [-0.05, 0) is 43.0 Å². The highest BCUT2D eigenvalue weighted by atomic mass is 15.3. The lowest BCUT2D eigenvalue weighted by Crippen LogP contribution is -2.37. The average Bonchev–Trinajstić information content (AvgIpc) is 3.14. The van der Waals surface area contributed by atoms with Gasteiger partial charge in [0.25, 0.3) is 0 Å². The topological polar surface area (TPSA) is 67.1 Å². The molecule has 0 saturated carbocycles. The number of unbranched alkanes of at least 4 members (excludes halogenated alkanes) is 1. The van der Waals surface area contributed by atoms with Gasteiger partial charge in [0.15, 0.2) is 11.8 Å². The molecule has 0 aliphatic rings. The zero-order valence-corrected chi connectivity index (χ0v) is 15.6. The summed E-state index contributed by atoms with van der Waals surface area (Å²) in [5.74, 6) is 2.45. The van der Waals surface area contributed by atoms with E-state index in [0.29, 0.717) is 6.54 Å². The van der Waals surface area contributed by atoms with Gasteiger partial charge in [0, 0.05) is 31.7 Å². The van der Waals surface area contributed by atoms with Gasteiger partial charge in [-0.3, -0.25) is 0 Å². The Kier molecular flexibility index (Phi) is 7.95. The zero-order chi connectivity index (χ0) is 17.9. The molecule has 0 amide bonds. The van der Waals surface area contributed by atoms with Crippen LogP contribution in [0, 0.1) is 5.92 Å². The number of hydrogen-bond donors (Lipinski definition) is 2. The van der Waals surface area contributed by atoms with E-state index in [9.17, 15) is 0 Å². The van der Waals surface area contributed by atoms with Crippen LogP contribution in [0.1, 0.15) is 45.6 Å². The van der Waals surface area contributed by atoms with E-state index in [-0.39, 0.29) is 0 Å². The smallest absolute Gasteiger partial charge is 0.191 e. The first-order chi connectivity index (χ1) is 12.2. The van der Waals surface area contributed by atoms with E-state index in [2.05, 4.69) is 46.5 Å². The second-order valence-corrected chi connectivity index (χ2v) is 6.48. The van der Waals surface area contributed by atoms with Crippen LogP contribution in [-0.2, 0) is 6.54 Å². The summed E-state index contributed by atoms with van der Waals surface area (Å²) in [5.41, 5.74) is 1.11. The highest BCUT2D eigenvalue weighted by Crippen LogP contribution is 2.07. The van der Waals surface area contributed by atoms with Crippen molar-refractivity contribution in [2.24, 2.45) is 10.9 Å². The summed E-state index contributed by atoms with van der Waals surface area (Å²) in [6, 6.07) is 5.89. The van der Waals surface area contributed by atoms with Crippen LogP contribution in [0.25, 0.3) is 5.82 Å². The third-order valence-electron chi connectivity index (χ3n) is 3.81. The van der Waals surface area contributed by atoms with Crippen molar-refractivity contribution in [3.8, 4) is 5.82 Å². The van der Waals surface area contributed by atoms with Gasteiger partial charge >= 0.3 is 0 Å². The summed E-state index contributed by atoms with van der Waals surface area (Å²) in [6.07, 6.45) is 9.14. The van der Waals surface area contributed by atoms with Crippen molar-refractivity contribution >= 4 is 5.96 Å². The number of hydrogen-bond acceptors (Lipinski definition) is 3. The van der Waals surface area contributed by atoms with Crippen LogP contribution in [0.4, 0.5) is 0 Å². The van der Waals surface area contributed by atoms with Crippen molar-refractivity contribution in [2.75, 3.05) is 13.1 Å². The molecule has 6 heteroatoms. The van der Waals surface area contributed by atoms with Crippen molar-refractivity contribution in [2.45, 2.75) is 46.6 Å². The standard InChI is InChI=1S/C19H30N6/c1-4-20-19(22-10-6-5-8-16(2)3)23-15-17-9-12-21-18(14-17)25-13-7-11-24-25/h7,9,11-14,16H,4-6,8,10,15H2,1-3H3,(H2,20,22,23). The van der Waals surface area contributed by atoms with E-state index < -0.39 is 0 Å². The van der Waals surface area contributed by atoms with Crippen LogP contribution in [0.15, 0.2) is 41.8 Å². The molecule has 0 saturated heterocycles. The normalized spacial score (nSPS) is 11.8. The van der Waals surface area contributed by atoms with E-state index in [1.165, 1.54) is 19.3 Å². The zero-order valence-electron chi connectivity index (χ0n) is 15.6. The predicted molar refractivity (Wildman–Crippen MR) is 103 cm³/mol. The van der Waals surface area contributed by atoms with E-state index in [1.807, 2.05) is 24.4 Å². The molecule has 2 N–H and O–H groups in total. The van der Waals surface area contributed by atoms with Gasteiger partial charge < -0.3 is 10.6 Å². The number of rotatable bonds is 9. The molecule has 0 spiro atoms. The molecule has 0 radical (unpaired) electrons.